The van der Waals surface area contributed by atoms with Crippen LogP contribution in [0.1, 0.15) is 17.5 Å². The Labute approximate surface area is 233 Å². The largest absolute Gasteiger partial charge is 0.439 e. The number of nitrogen functional groups attached to an aromatic ring is 1. The number of primary amides is 1. The van der Waals surface area contributed by atoms with Crippen LogP contribution < -0.4 is 11.5 Å². The lowest BCUT2D eigenvalue weighted by Crippen LogP contribution is -2.50. The quantitative estimate of drug-likeness (QED) is 0.283. The molecule has 0 bridgehead atoms. The molecular weight excluding hydrogens is 547 g/mol. The van der Waals surface area contributed by atoms with Crippen molar-refractivity contribution in [1.29, 1.82) is 0 Å². The minimum absolute atomic E-state index is 0.285. The number of piperazine rings is 1. The Kier molecular flexibility index (Phi) is 7.86. The molecule has 1 atom stereocenters. The van der Waals surface area contributed by atoms with Gasteiger partial charge in [-0.3, -0.25) is 14.6 Å². The highest BCUT2D eigenvalue weighted by atomic mass is 35.5. The van der Waals surface area contributed by atoms with Gasteiger partial charge in [0, 0.05) is 58.6 Å². The Morgan fingerprint density at radius 1 is 0.923 bits per heavy atom. The lowest BCUT2D eigenvalue weighted by molar-refractivity contribution is -0.124. The van der Waals surface area contributed by atoms with Crippen molar-refractivity contribution in [3.8, 4) is 22.6 Å². The van der Waals surface area contributed by atoms with E-state index in [0.717, 1.165) is 0 Å². The second kappa shape index (κ2) is 11.3. The van der Waals surface area contributed by atoms with Crippen LogP contribution in [0, 0.1) is 11.6 Å². The molecule has 0 radical (unpaired) electrons. The van der Waals surface area contributed by atoms with Gasteiger partial charge in [0.1, 0.15) is 23.4 Å². The first-order valence-corrected chi connectivity index (χ1v) is 13.0. The van der Waals surface area contributed by atoms with Crippen molar-refractivity contribution in [3.05, 3.63) is 93.8 Å². The first kappa shape index (κ1) is 27.1. The summed E-state index contributed by atoms with van der Waals surface area (Å²) < 4.78 is 33.2. The van der Waals surface area contributed by atoms with Crippen molar-refractivity contribution in [1.82, 2.24) is 14.8 Å². The van der Waals surface area contributed by atoms with Crippen LogP contribution in [-0.2, 0) is 11.3 Å². The maximum atomic E-state index is 13.5. The summed E-state index contributed by atoms with van der Waals surface area (Å²) in [6.45, 7) is 2.61. The molecule has 1 aliphatic rings. The van der Waals surface area contributed by atoms with Crippen LogP contribution in [0.3, 0.4) is 0 Å². The summed E-state index contributed by atoms with van der Waals surface area (Å²) in [4.78, 5) is 21.2. The fraction of sp³-hybridized carbons (Fsp3) is 0.214. The third-order valence-corrected chi connectivity index (χ3v) is 7.30. The first-order valence-electron chi connectivity index (χ1n) is 12.2. The molecule has 11 heteroatoms. The van der Waals surface area contributed by atoms with E-state index in [9.17, 15) is 13.6 Å². The zero-order chi connectivity index (χ0) is 27.7. The molecule has 1 fully saturated rings. The average molecular weight is 572 g/mol. The zero-order valence-electron chi connectivity index (χ0n) is 20.7. The van der Waals surface area contributed by atoms with E-state index < -0.39 is 11.9 Å². The molecule has 7 nitrogen and oxygen atoms in total. The van der Waals surface area contributed by atoms with Gasteiger partial charge in [-0.1, -0.05) is 23.2 Å². The minimum Gasteiger partial charge on any atom is -0.439 e. The SMILES string of the molecule is NC(=O)C(c1c(Cl)cc(N)cc1Cl)N1CCN(Cc2nc(-c3ccc(F)cc3)c(-c3ccc(F)cc3)o2)CC1. The van der Waals surface area contributed by atoms with Crippen LogP contribution >= 0.6 is 23.2 Å². The lowest BCUT2D eigenvalue weighted by Gasteiger charge is -2.38. The maximum absolute atomic E-state index is 13.5. The average Bonchev–Trinajstić information content (AvgIpc) is 3.31. The van der Waals surface area contributed by atoms with Crippen molar-refractivity contribution in [2.45, 2.75) is 12.6 Å². The molecule has 1 aromatic heterocycles. The van der Waals surface area contributed by atoms with E-state index in [1.54, 1.807) is 36.4 Å². The molecule has 0 saturated carbocycles. The van der Waals surface area contributed by atoms with Crippen LogP contribution in [0.25, 0.3) is 22.6 Å². The Morgan fingerprint density at radius 3 is 2.00 bits per heavy atom. The molecule has 0 spiro atoms. The van der Waals surface area contributed by atoms with Gasteiger partial charge in [0.15, 0.2) is 5.76 Å². The predicted molar refractivity (Wildman–Crippen MR) is 147 cm³/mol. The van der Waals surface area contributed by atoms with Crippen LogP contribution in [0.5, 0.6) is 0 Å². The second-order valence-corrected chi connectivity index (χ2v) is 10.1. The van der Waals surface area contributed by atoms with E-state index >= 15 is 0 Å². The van der Waals surface area contributed by atoms with E-state index in [2.05, 4.69) is 4.90 Å². The molecule has 1 unspecified atom stereocenters. The summed E-state index contributed by atoms with van der Waals surface area (Å²) in [5.74, 6) is -0.359. The van der Waals surface area contributed by atoms with Crippen molar-refractivity contribution in [2.75, 3.05) is 31.9 Å². The molecule has 1 amide bonds. The summed E-state index contributed by atoms with van der Waals surface area (Å²) in [6.07, 6.45) is 0. The molecule has 202 valence electrons. The van der Waals surface area contributed by atoms with Gasteiger partial charge >= 0.3 is 0 Å². The van der Waals surface area contributed by atoms with E-state index in [-0.39, 0.29) is 21.7 Å². The minimum atomic E-state index is -0.801. The highest BCUT2D eigenvalue weighted by molar-refractivity contribution is 6.37. The molecular formula is C28H25Cl2F2N5O2. The van der Waals surface area contributed by atoms with Crippen LogP contribution in [0.15, 0.2) is 65.1 Å². The Morgan fingerprint density at radius 2 is 1.46 bits per heavy atom. The van der Waals surface area contributed by atoms with Crippen LogP contribution in [0.2, 0.25) is 10.0 Å². The van der Waals surface area contributed by atoms with E-state index in [0.29, 0.717) is 72.4 Å². The molecule has 5 rings (SSSR count). The number of anilines is 1. The highest BCUT2D eigenvalue weighted by Gasteiger charge is 2.33. The smallest absolute Gasteiger partial charge is 0.239 e. The molecule has 1 aliphatic heterocycles. The Hall–Kier alpha value is -3.50. The number of hydrogen-bond donors (Lipinski definition) is 2. The van der Waals surface area contributed by atoms with Gasteiger partial charge in [0.25, 0.3) is 0 Å². The molecule has 3 aromatic carbocycles. The second-order valence-electron chi connectivity index (χ2n) is 9.31. The van der Waals surface area contributed by atoms with Gasteiger partial charge in [0.05, 0.1) is 6.54 Å². The Bertz CT molecular complexity index is 1400. The summed E-state index contributed by atoms with van der Waals surface area (Å²) in [7, 11) is 0. The zero-order valence-corrected chi connectivity index (χ0v) is 22.2. The van der Waals surface area contributed by atoms with Gasteiger partial charge in [-0.15, -0.1) is 0 Å². The third kappa shape index (κ3) is 5.91. The number of benzene rings is 3. The maximum Gasteiger partial charge on any atom is 0.239 e. The van der Waals surface area contributed by atoms with Crippen LogP contribution in [0.4, 0.5) is 14.5 Å². The molecule has 39 heavy (non-hydrogen) atoms. The van der Waals surface area contributed by atoms with Gasteiger partial charge in [-0.25, -0.2) is 13.8 Å². The summed E-state index contributed by atoms with van der Waals surface area (Å²) in [6, 6.07) is 14.2. The summed E-state index contributed by atoms with van der Waals surface area (Å²) in [5, 5.41) is 0.570. The molecule has 1 saturated heterocycles. The van der Waals surface area contributed by atoms with Crippen molar-refractivity contribution in [2.24, 2.45) is 5.73 Å². The fourth-order valence-electron chi connectivity index (χ4n) is 4.77. The number of oxazole rings is 1. The van der Waals surface area contributed by atoms with Crippen molar-refractivity contribution in [3.63, 3.8) is 0 Å². The van der Waals surface area contributed by atoms with E-state index in [1.165, 1.54) is 24.3 Å². The van der Waals surface area contributed by atoms with Crippen molar-refractivity contribution >= 4 is 34.8 Å². The number of aromatic nitrogens is 1. The molecule has 4 aromatic rings. The number of carbonyl (C=O) groups is 1. The number of rotatable bonds is 7. The molecule has 0 aliphatic carbocycles. The van der Waals surface area contributed by atoms with Gasteiger partial charge < -0.3 is 15.9 Å². The lowest BCUT2D eigenvalue weighted by atomic mass is 10.0. The normalized spacial score (nSPS) is 15.4. The number of halogens is 4. The number of hydrogen-bond acceptors (Lipinski definition) is 6. The fourth-order valence-corrected chi connectivity index (χ4v) is 5.48. The predicted octanol–water partition coefficient (Wildman–Crippen LogP) is 5.52. The summed E-state index contributed by atoms with van der Waals surface area (Å²) >= 11 is 12.8. The Balaban J connectivity index is 1.35. The number of amides is 1. The molecule has 2 heterocycles. The van der Waals surface area contributed by atoms with Gasteiger partial charge in [-0.2, -0.15) is 0 Å². The van der Waals surface area contributed by atoms with Crippen LogP contribution in [-0.4, -0.2) is 46.9 Å². The highest BCUT2D eigenvalue weighted by Crippen LogP contribution is 2.37. The third-order valence-electron chi connectivity index (χ3n) is 6.67. The molecule has 4 N–H and O–H groups in total. The van der Waals surface area contributed by atoms with Gasteiger partial charge in [-0.05, 0) is 60.7 Å². The van der Waals surface area contributed by atoms with Gasteiger partial charge in [0.2, 0.25) is 11.8 Å². The topological polar surface area (TPSA) is 102 Å². The number of nitrogens with zero attached hydrogens (tertiary/aromatic N) is 3. The summed E-state index contributed by atoms with van der Waals surface area (Å²) in [5.41, 5.74) is 14.3. The number of nitrogens with two attached hydrogens (primary N) is 2. The van der Waals surface area contributed by atoms with E-state index in [4.69, 9.17) is 44.1 Å². The monoisotopic (exact) mass is 571 g/mol. The number of carbonyl (C=O) groups excluding carboxylic acids is 1. The standard InChI is InChI=1S/C28H25Cl2F2N5O2/c29-21-13-20(33)14-22(30)24(21)26(28(34)38)37-11-9-36(10-12-37)15-23-35-25(16-1-5-18(31)6-2-16)27(39-23)17-3-7-19(32)8-4-17/h1-8,13-14,26H,9-12,15,33H2,(H2,34,38). The van der Waals surface area contributed by atoms with Crippen molar-refractivity contribution < 1.29 is 18.0 Å². The van der Waals surface area contributed by atoms with E-state index in [1.807, 2.05) is 4.90 Å². The first-order chi connectivity index (χ1) is 18.7.